The zero-order chi connectivity index (χ0) is 27.5. The van der Waals surface area contributed by atoms with E-state index in [0.717, 1.165) is 28.1 Å². The van der Waals surface area contributed by atoms with Crippen molar-refractivity contribution >= 4 is 11.7 Å². The number of hydrogen-bond acceptors (Lipinski definition) is 3. The second-order valence-electron chi connectivity index (χ2n) is 10.3. The fraction of sp³-hybridized carbons (Fsp3) is 0.290. The number of hydrogen-bond donors (Lipinski definition) is 1. The Morgan fingerprint density at radius 3 is 2.46 bits per heavy atom. The maximum absolute atomic E-state index is 14.1. The van der Waals surface area contributed by atoms with E-state index in [1.54, 1.807) is 36.4 Å². The molecule has 0 unspecified atom stereocenters. The fourth-order valence-corrected chi connectivity index (χ4v) is 4.73. The lowest BCUT2D eigenvalue weighted by atomic mass is 9.76. The zero-order valence-corrected chi connectivity index (χ0v) is 21.9. The number of benzene rings is 2. The molecule has 6 heteroatoms. The summed E-state index contributed by atoms with van der Waals surface area (Å²) in [6, 6.07) is 11.3. The number of nitriles is 1. The first-order valence-corrected chi connectivity index (χ1v) is 12.0. The second kappa shape index (κ2) is 10.6. The predicted molar refractivity (Wildman–Crippen MR) is 143 cm³/mol. The molecular formula is C31H32F2N2O2. The number of carboxylic acid groups (broad SMARTS) is 1. The van der Waals surface area contributed by atoms with E-state index < -0.39 is 16.8 Å². The van der Waals surface area contributed by atoms with Crippen molar-refractivity contribution in [3.05, 3.63) is 112 Å². The quantitative estimate of drug-likeness (QED) is 0.305. The lowest BCUT2D eigenvalue weighted by molar-refractivity contribution is -0.136. The molecule has 0 spiro atoms. The number of halogens is 2. The van der Waals surface area contributed by atoms with Crippen molar-refractivity contribution in [1.29, 1.82) is 5.26 Å². The monoisotopic (exact) mass is 502 g/mol. The molecule has 0 saturated carbocycles. The molecule has 192 valence electrons. The molecule has 1 heterocycles. The molecular weight excluding hydrogens is 470 g/mol. The molecule has 0 atom stereocenters. The van der Waals surface area contributed by atoms with Crippen LogP contribution in [0.3, 0.4) is 0 Å². The van der Waals surface area contributed by atoms with Crippen molar-refractivity contribution in [2.75, 3.05) is 11.4 Å². The zero-order valence-electron chi connectivity index (χ0n) is 21.9. The summed E-state index contributed by atoms with van der Waals surface area (Å²) in [6.07, 6.45) is 6.77. The van der Waals surface area contributed by atoms with E-state index >= 15 is 0 Å². The SMILES string of the molecule is C=C(/C=C/C(C#N)=C/C=C1/N(CCC(=O)O)c2ccc(F)cc2C1(C)C)C(C)(C)c1cc(F)ccc1C. The Kier molecular flexibility index (Phi) is 7.88. The lowest BCUT2D eigenvalue weighted by Crippen LogP contribution is -2.28. The smallest absolute Gasteiger partial charge is 0.305 e. The van der Waals surface area contributed by atoms with Crippen LogP contribution in [-0.2, 0) is 15.6 Å². The number of allylic oxidation sites excluding steroid dienone is 7. The minimum Gasteiger partial charge on any atom is -0.481 e. The van der Waals surface area contributed by atoms with Crippen LogP contribution in [0.2, 0.25) is 0 Å². The molecule has 0 fully saturated rings. The van der Waals surface area contributed by atoms with Gasteiger partial charge in [-0.25, -0.2) is 8.78 Å². The number of rotatable bonds is 8. The third-order valence-electron chi connectivity index (χ3n) is 7.09. The largest absolute Gasteiger partial charge is 0.481 e. The molecule has 0 saturated heterocycles. The summed E-state index contributed by atoms with van der Waals surface area (Å²) in [4.78, 5) is 13.1. The maximum atomic E-state index is 14.1. The highest BCUT2D eigenvalue weighted by molar-refractivity contribution is 5.73. The highest BCUT2D eigenvalue weighted by Gasteiger charge is 2.40. The number of anilines is 1. The predicted octanol–water partition coefficient (Wildman–Crippen LogP) is 7.27. The third-order valence-corrected chi connectivity index (χ3v) is 7.09. The van der Waals surface area contributed by atoms with Gasteiger partial charge in [0.2, 0.25) is 0 Å². The molecule has 2 aromatic carbocycles. The van der Waals surface area contributed by atoms with Crippen LogP contribution in [0.1, 0.15) is 50.8 Å². The van der Waals surface area contributed by atoms with Crippen molar-refractivity contribution < 1.29 is 18.7 Å². The van der Waals surface area contributed by atoms with Crippen molar-refractivity contribution in [3.63, 3.8) is 0 Å². The number of carbonyl (C=O) groups is 1. The molecule has 0 bridgehead atoms. The van der Waals surface area contributed by atoms with Crippen LogP contribution >= 0.6 is 0 Å². The molecule has 0 aliphatic carbocycles. The summed E-state index contributed by atoms with van der Waals surface area (Å²) in [6.45, 7) is 14.1. The molecule has 37 heavy (non-hydrogen) atoms. The van der Waals surface area contributed by atoms with Gasteiger partial charge >= 0.3 is 5.97 Å². The molecule has 0 radical (unpaired) electrons. The Balaban J connectivity index is 1.95. The van der Waals surface area contributed by atoms with Gasteiger partial charge in [-0.3, -0.25) is 4.79 Å². The normalized spacial score (nSPS) is 16.2. The van der Waals surface area contributed by atoms with Crippen molar-refractivity contribution in [1.82, 2.24) is 0 Å². The summed E-state index contributed by atoms with van der Waals surface area (Å²) < 4.78 is 28.0. The number of aryl methyl sites for hydroxylation is 1. The summed E-state index contributed by atoms with van der Waals surface area (Å²) in [5, 5.41) is 19.0. The average Bonchev–Trinajstić information content (AvgIpc) is 3.04. The van der Waals surface area contributed by atoms with E-state index in [-0.39, 0.29) is 24.6 Å². The Morgan fingerprint density at radius 2 is 1.81 bits per heavy atom. The van der Waals surface area contributed by atoms with Gasteiger partial charge in [0.15, 0.2) is 0 Å². The Bertz CT molecular complexity index is 1370. The average molecular weight is 503 g/mol. The van der Waals surface area contributed by atoms with Gasteiger partial charge < -0.3 is 10.0 Å². The van der Waals surface area contributed by atoms with Crippen LogP contribution in [0, 0.1) is 29.9 Å². The third kappa shape index (κ3) is 5.72. The highest BCUT2D eigenvalue weighted by atomic mass is 19.1. The molecule has 3 rings (SSSR count). The van der Waals surface area contributed by atoms with Crippen LogP contribution in [0.4, 0.5) is 14.5 Å². The molecule has 1 N–H and O–H groups in total. The Hall–Kier alpha value is -3.98. The molecule has 1 aliphatic rings. The van der Waals surface area contributed by atoms with Gasteiger partial charge in [0.25, 0.3) is 0 Å². The van der Waals surface area contributed by atoms with E-state index in [9.17, 15) is 23.9 Å². The van der Waals surface area contributed by atoms with Gasteiger partial charge in [-0.05, 0) is 77.7 Å². The standard InChI is InChI=1S/C31H32F2N2O2/c1-20-7-11-23(32)17-25(20)30(3,4)21(2)8-9-22(19-34)10-14-28-31(5,6)26-18-24(33)12-13-27(26)35(28)16-15-29(36)37/h7-14,17-18H,2,15-16H2,1,3-6H3,(H,36,37)/b9-8+,22-10-,28-14+. The van der Waals surface area contributed by atoms with Crippen LogP contribution in [0.5, 0.6) is 0 Å². The topological polar surface area (TPSA) is 64.3 Å². The molecule has 4 nitrogen and oxygen atoms in total. The van der Waals surface area contributed by atoms with Crippen molar-refractivity contribution in [2.24, 2.45) is 0 Å². The number of fused-ring (bicyclic) bond motifs is 1. The lowest BCUT2D eigenvalue weighted by Gasteiger charge is -2.28. The van der Waals surface area contributed by atoms with Gasteiger partial charge in [-0.2, -0.15) is 5.26 Å². The Morgan fingerprint density at radius 1 is 1.16 bits per heavy atom. The van der Waals surface area contributed by atoms with E-state index in [4.69, 9.17) is 0 Å². The first-order valence-electron chi connectivity index (χ1n) is 12.0. The first-order chi connectivity index (χ1) is 17.3. The van der Waals surface area contributed by atoms with Crippen molar-refractivity contribution in [2.45, 2.75) is 51.9 Å². The van der Waals surface area contributed by atoms with Crippen LogP contribution < -0.4 is 4.90 Å². The number of aliphatic carboxylic acids is 1. The van der Waals surface area contributed by atoms with E-state index in [2.05, 4.69) is 12.6 Å². The van der Waals surface area contributed by atoms with Gasteiger partial charge in [-0.1, -0.05) is 46.4 Å². The van der Waals surface area contributed by atoms with Crippen LogP contribution in [0.15, 0.2) is 84.1 Å². The van der Waals surface area contributed by atoms with E-state index in [1.165, 1.54) is 24.3 Å². The summed E-state index contributed by atoms with van der Waals surface area (Å²) >= 11 is 0. The minimum atomic E-state index is -0.932. The van der Waals surface area contributed by atoms with Gasteiger partial charge in [0.1, 0.15) is 11.6 Å². The second-order valence-corrected chi connectivity index (χ2v) is 10.3. The molecule has 0 amide bonds. The molecule has 1 aliphatic heterocycles. The molecule has 2 aromatic rings. The van der Waals surface area contributed by atoms with Gasteiger partial charge in [0.05, 0.1) is 18.1 Å². The number of carboxylic acids is 1. The van der Waals surface area contributed by atoms with Gasteiger partial charge in [-0.15, -0.1) is 0 Å². The highest BCUT2D eigenvalue weighted by Crippen LogP contribution is 2.48. The summed E-state index contributed by atoms with van der Waals surface area (Å²) in [5.41, 5.74) is 3.95. The minimum absolute atomic E-state index is 0.0899. The van der Waals surface area contributed by atoms with Gasteiger partial charge in [0, 0.05) is 28.8 Å². The Labute approximate surface area is 217 Å². The van der Waals surface area contributed by atoms with Crippen LogP contribution in [0.25, 0.3) is 0 Å². The van der Waals surface area contributed by atoms with E-state index in [1.807, 2.05) is 39.5 Å². The molecule has 0 aromatic heterocycles. The van der Waals surface area contributed by atoms with E-state index in [0.29, 0.717) is 11.1 Å². The first kappa shape index (κ1) is 27.6. The number of nitrogens with zero attached hydrogens (tertiary/aromatic N) is 2. The summed E-state index contributed by atoms with van der Waals surface area (Å²) in [5.74, 6) is -1.61. The van der Waals surface area contributed by atoms with Crippen LogP contribution in [-0.4, -0.2) is 17.6 Å². The summed E-state index contributed by atoms with van der Waals surface area (Å²) in [7, 11) is 0. The fourth-order valence-electron chi connectivity index (χ4n) is 4.73. The maximum Gasteiger partial charge on any atom is 0.305 e. The van der Waals surface area contributed by atoms with Crippen molar-refractivity contribution in [3.8, 4) is 6.07 Å².